The number of nitrogens with one attached hydrogen (secondary N) is 3. The van der Waals surface area contributed by atoms with Gasteiger partial charge in [0.15, 0.2) is 5.11 Å². The van der Waals surface area contributed by atoms with Crippen LogP contribution in [0.2, 0.25) is 5.02 Å². The molecule has 7 heteroatoms. The Morgan fingerprint density at radius 2 is 1.33 bits per heavy atom. The molecule has 0 fully saturated rings. The maximum atomic E-state index is 12.5. The molecule has 3 aromatic rings. The summed E-state index contributed by atoms with van der Waals surface area (Å²) in [6.07, 6.45) is 0. The van der Waals surface area contributed by atoms with Gasteiger partial charge in [-0.3, -0.25) is 14.9 Å². The fourth-order valence-corrected chi connectivity index (χ4v) is 3.42. The molecule has 0 aliphatic rings. The van der Waals surface area contributed by atoms with Gasteiger partial charge in [0.05, 0.1) is 0 Å². The Balaban J connectivity index is 1.56. The van der Waals surface area contributed by atoms with E-state index >= 15 is 0 Å². The molecule has 170 valence electrons. The maximum Gasteiger partial charge on any atom is 0.257 e. The van der Waals surface area contributed by atoms with E-state index in [1.807, 2.05) is 31.2 Å². The van der Waals surface area contributed by atoms with Gasteiger partial charge in [-0.1, -0.05) is 50.6 Å². The van der Waals surface area contributed by atoms with Crippen LogP contribution in [0.25, 0.3) is 0 Å². The van der Waals surface area contributed by atoms with Gasteiger partial charge in [0.1, 0.15) is 0 Å². The largest absolute Gasteiger partial charge is 0.332 e. The molecule has 0 aliphatic heterocycles. The summed E-state index contributed by atoms with van der Waals surface area (Å²) in [7, 11) is 0. The van der Waals surface area contributed by atoms with Crippen LogP contribution >= 0.6 is 23.8 Å². The highest BCUT2D eigenvalue weighted by molar-refractivity contribution is 7.80. The van der Waals surface area contributed by atoms with Crippen LogP contribution in [0.15, 0.2) is 66.7 Å². The smallest absolute Gasteiger partial charge is 0.257 e. The van der Waals surface area contributed by atoms with Crippen molar-refractivity contribution in [2.24, 2.45) is 0 Å². The van der Waals surface area contributed by atoms with E-state index in [2.05, 4.69) is 36.7 Å². The van der Waals surface area contributed by atoms with Gasteiger partial charge in [-0.05, 0) is 84.2 Å². The monoisotopic (exact) mass is 479 g/mol. The molecule has 3 N–H and O–H groups in total. The van der Waals surface area contributed by atoms with Crippen molar-refractivity contribution in [2.75, 3.05) is 10.6 Å². The quantitative estimate of drug-likeness (QED) is 0.382. The number of halogens is 1. The molecule has 0 unspecified atom stereocenters. The molecule has 0 heterocycles. The lowest BCUT2D eigenvalue weighted by Crippen LogP contribution is -2.34. The first-order valence-electron chi connectivity index (χ1n) is 10.4. The number of aryl methyl sites for hydroxylation is 1. The molecular weight excluding hydrogens is 454 g/mol. The Bertz CT molecular complexity index is 1180. The first-order valence-corrected chi connectivity index (χ1v) is 11.2. The van der Waals surface area contributed by atoms with Gasteiger partial charge < -0.3 is 10.6 Å². The molecule has 33 heavy (non-hydrogen) atoms. The molecule has 0 radical (unpaired) electrons. The van der Waals surface area contributed by atoms with E-state index in [0.29, 0.717) is 27.5 Å². The number of hydrogen-bond donors (Lipinski definition) is 3. The van der Waals surface area contributed by atoms with Crippen molar-refractivity contribution in [3.8, 4) is 0 Å². The molecule has 5 nitrogen and oxygen atoms in total. The summed E-state index contributed by atoms with van der Waals surface area (Å²) in [5.74, 6) is -0.536. The van der Waals surface area contributed by atoms with E-state index in [-0.39, 0.29) is 22.3 Å². The highest BCUT2D eigenvalue weighted by atomic mass is 35.5. The number of carbonyl (C=O) groups excluding carboxylic acids is 2. The minimum atomic E-state index is -0.351. The Hall–Kier alpha value is -3.22. The van der Waals surface area contributed by atoms with Crippen LogP contribution in [0.3, 0.4) is 0 Å². The van der Waals surface area contributed by atoms with Crippen molar-refractivity contribution in [1.82, 2.24) is 5.32 Å². The molecule has 0 spiro atoms. The zero-order valence-corrected chi connectivity index (χ0v) is 20.5. The number of benzene rings is 3. The second kappa shape index (κ2) is 10.1. The van der Waals surface area contributed by atoms with Crippen LogP contribution in [0, 0.1) is 6.92 Å². The number of amides is 2. The molecule has 0 atom stereocenters. The van der Waals surface area contributed by atoms with Crippen LogP contribution in [-0.4, -0.2) is 16.9 Å². The first kappa shape index (κ1) is 24.4. The molecule has 0 saturated carbocycles. The average Bonchev–Trinajstić information content (AvgIpc) is 2.76. The number of rotatable bonds is 4. The van der Waals surface area contributed by atoms with Crippen molar-refractivity contribution >= 4 is 52.1 Å². The van der Waals surface area contributed by atoms with Crippen molar-refractivity contribution in [2.45, 2.75) is 33.1 Å². The fourth-order valence-electron chi connectivity index (χ4n) is 3.03. The predicted molar refractivity (Wildman–Crippen MR) is 139 cm³/mol. The van der Waals surface area contributed by atoms with E-state index in [1.54, 1.807) is 42.5 Å². The number of thiocarbonyl (C=S) groups is 1. The average molecular weight is 480 g/mol. The van der Waals surface area contributed by atoms with Gasteiger partial charge in [0.2, 0.25) is 0 Å². The van der Waals surface area contributed by atoms with Crippen molar-refractivity contribution in [1.29, 1.82) is 0 Å². The predicted octanol–water partition coefficient (Wildman–Crippen LogP) is 6.33. The zero-order chi connectivity index (χ0) is 24.2. The van der Waals surface area contributed by atoms with Gasteiger partial charge in [-0.2, -0.15) is 0 Å². The first-order chi connectivity index (χ1) is 15.5. The van der Waals surface area contributed by atoms with Crippen LogP contribution < -0.4 is 16.0 Å². The van der Waals surface area contributed by atoms with Crippen molar-refractivity contribution in [3.63, 3.8) is 0 Å². The minimum Gasteiger partial charge on any atom is -0.332 e. The fraction of sp³-hybridized carbons (Fsp3) is 0.192. The highest BCUT2D eigenvalue weighted by Crippen LogP contribution is 2.23. The molecule has 0 saturated heterocycles. The Morgan fingerprint density at radius 3 is 1.88 bits per heavy atom. The summed E-state index contributed by atoms with van der Waals surface area (Å²) in [6.45, 7) is 8.26. The van der Waals surface area contributed by atoms with Crippen LogP contribution in [0.4, 0.5) is 11.4 Å². The van der Waals surface area contributed by atoms with Crippen molar-refractivity contribution in [3.05, 3.63) is 94.0 Å². The molecule has 0 aliphatic carbocycles. The highest BCUT2D eigenvalue weighted by Gasteiger charge is 2.14. The van der Waals surface area contributed by atoms with Gasteiger partial charge in [-0.15, -0.1) is 0 Å². The summed E-state index contributed by atoms with van der Waals surface area (Å²) >= 11 is 11.3. The summed E-state index contributed by atoms with van der Waals surface area (Å²) in [4.78, 5) is 24.9. The lowest BCUT2D eigenvalue weighted by Gasteiger charge is -2.19. The second-order valence-electron chi connectivity index (χ2n) is 8.73. The number of carbonyl (C=O) groups is 2. The summed E-state index contributed by atoms with van der Waals surface area (Å²) in [5.41, 5.74) is 4.43. The summed E-state index contributed by atoms with van der Waals surface area (Å²) in [5, 5.41) is 9.14. The van der Waals surface area contributed by atoms with Crippen LogP contribution in [0.5, 0.6) is 0 Å². The molecule has 3 rings (SSSR count). The zero-order valence-electron chi connectivity index (χ0n) is 19.0. The molecule has 2 amide bonds. The molecule has 3 aromatic carbocycles. The summed E-state index contributed by atoms with van der Waals surface area (Å²) < 4.78 is 0. The van der Waals surface area contributed by atoms with E-state index in [4.69, 9.17) is 23.8 Å². The van der Waals surface area contributed by atoms with Gasteiger partial charge in [0.25, 0.3) is 11.8 Å². The van der Waals surface area contributed by atoms with Crippen LogP contribution in [0.1, 0.15) is 52.6 Å². The SMILES string of the molecule is Cc1ccc(C(=O)NC(=S)Nc2ccc(NC(=O)c3ccc(C(C)(C)C)cc3)cc2)cc1Cl. The second-order valence-corrected chi connectivity index (χ2v) is 9.55. The van der Waals surface area contributed by atoms with E-state index < -0.39 is 0 Å². The molecule has 0 aromatic heterocycles. The van der Waals surface area contributed by atoms with E-state index in [9.17, 15) is 9.59 Å². The Morgan fingerprint density at radius 1 is 0.788 bits per heavy atom. The number of hydrogen-bond acceptors (Lipinski definition) is 3. The summed E-state index contributed by atoms with van der Waals surface area (Å²) in [6, 6.07) is 19.7. The maximum absolute atomic E-state index is 12.5. The normalized spacial score (nSPS) is 10.9. The lowest BCUT2D eigenvalue weighted by atomic mass is 9.87. The minimum absolute atomic E-state index is 0.0328. The third-order valence-electron chi connectivity index (χ3n) is 5.07. The Kier molecular flexibility index (Phi) is 7.51. The molecule has 0 bridgehead atoms. The molecular formula is C26H26ClN3O2S. The lowest BCUT2D eigenvalue weighted by molar-refractivity contribution is 0.0976. The van der Waals surface area contributed by atoms with Gasteiger partial charge >= 0.3 is 0 Å². The Labute approximate surface area is 204 Å². The topological polar surface area (TPSA) is 70.2 Å². The van der Waals surface area contributed by atoms with E-state index in [1.165, 1.54) is 5.56 Å². The number of anilines is 2. The van der Waals surface area contributed by atoms with Gasteiger partial charge in [0, 0.05) is 27.5 Å². The van der Waals surface area contributed by atoms with Gasteiger partial charge in [-0.25, -0.2) is 0 Å². The van der Waals surface area contributed by atoms with E-state index in [0.717, 1.165) is 5.56 Å². The van der Waals surface area contributed by atoms with Crippen molar-refractivity contribution < 1.29 is 9.59 Å². The van der Waals surface area contributed by atoms with Crippen LogP contribution in [-0.2, 0) is 5.41 Å². The third kappa shape index (κ3) is 6.63. The third-order valence-corrected chi connectivity index (χ3v) is 5.69. The standard InChI is InChI=1S/C26H26ClN3O2S/c1-16-5-6-18(15-22(16)27)24(32)30-25(33)29-21-13-11-20(12-14-21)28-23(31)17-7-9-19(10-8-17)26(2,3)4/h5-15H,1-4H3,(H,28,31)(H2,29,30,32,33).